The molecule has 1 aromatic heterocycles. The van der Waals surface area contributed by atoms with Gasteiger partial charge in [0.2, 0.25) is 0 Å². The fourth-order valence-corrected chi connectivity index (χ4v) is 1.65. The van der Waals surface area contributed by atoms with E-state index in [0.29, 0.717) is 31.3 Å². The number of hydrogen-bond donors (Lipinski definition) is 1. The number of carbonyl (C=O) groups is 1. The minimum atomic E-state index is -0.137. The molecule has 1 atom stereocenters. The summed E-state index contributed by atoms with van der Waals surface area (Å²) >= 11 is 5.68. The molecule has 0 spiro atoms. The summed E-state index contributed by atoms with van der Waals surface area (Å²) in [6.45, 7) is 1.59. The first-order chi connectivity index (χ1) is 7.31. The second kappa shape index (κ2) is 4.59. The number of halogens is 1. The number of hydrogen-bond acceptors (Lipinski definition) is 4. The molecule has 0 aliphatic carbocycles. The quantitative estimate of drug-likeness (QED) is 0.720. The Morgan fingerprint density at radius 3 is 3.33 bits per heavy atom. The zero-order chi connectivity index (χ0) is 10.7. The molecule has 1 aliphatic rings. The third kappa shape index (κ3) is 2.27. The number of ether oxygens (including phenoxy) is 1. The number of carbonyl (C=O) groups excluding carboxylic acids is 1. The number of nitrogens with zero attached hydrogens (tertiary/aromatic N) is 3. The number of morpholine rings is 1. The van der Waals surface area contributed by atoms with E-state index in [4.69, 9.17) is 16.3 Å². The smallest absolute Gasteiger partial charge is 0.276 e. The minimum absolute atomic E-state index is 0.0868. The summed E-state index contributed by atoms with van der Waals surface area (Å²) in [6, 6.07) is 0. The molecule has 6 nitrogen and oxygen atoms in total. The van der Waals surface area contributed by atoms with Crippen LogP contribution in [0.3, 0.4) is 0 Å². The number of H-pyrrole nitrogens is 1. The molecule has 0 bridgehead atoms. The Hall–Kier alpha value is -1.14. The molecular weight excluding hydrogens is 220 g/mol. The zero-order valence-electron chi connectivity index (χ0n) is 8.02. The molecule has 1 saturated heterocycles. The van der Waals surface area contributed by atoms with Gasteiger partial charge >= 0.3 is 0 Å². The van der Waals surface area contributed by atoms with Gasteiger partial charge in [0.05, 0.1) is 24.8 Å². The van der Waals surface area contributed by atoms with Crippen LogP contribution in [0.15, 0.2) is 6.20 Å². The van der Waals surface area contributed by atoms with Gasteiger partial charge in [-0.1, -0.05) is 0 Å². The number of aromatic amines is 1. The molecule has 2 heterocycles. The van der Waals surface area contributed by atoms with Gasteiger partial charge in [0.1, 0.15) is 0 Å². The van der Waals surface area contributed by atoms with Gasteiger partial charge in [0.25, 0.3) is 5.91 Å². The van der Waals surface area contributed by atoms with Crippen molar-refractivity contribution in [2.75, 3.05) is 25.6 Å². The molecule has 15 heavy (non-hydrogen) atoms. The number of amides is 1. The van der Waals surface area contributed by atoms with Gasteiger partial charge in [-0.05, 0) is 0 Å². The van der Waals surface area contributed by atoms with E-state index in [9.17, 15) is 4.79 Å². The lowest BCUT2D eigenvalue weighted by Gasteiger charge is -2.31. The molecule has 1 aromatic rings. The van der Waals surface area contributed by atoms with Crippen molar-refractivity contribution in [3.63, 3.8) is 0 Å². The van der Waals surface area contributed by atoms with Crippen molar-refractivity contribution in [2.24, 2.45) is 0 Å². The first kappa shape index (κ1) is 10.4. The van der Waals surface area contributed by atoms with Crippen molar-refractivity contribution in [2.45, 2.75) is 6.10 Å². The lowest BCUT2D eigenvalue weighted by atomic mass is 10.3. The molecule has 1 aliphatic heterocycles. The maximum absolute atomic E-state index is 11.8. The van der Waals surface area contributed by atoms with Crippen molar-refractivity contribution < 1.29 is 9.53 Å². The van der Waals surface area contributed by atoms with Gasteiger partial charge in [0, 0.05) is 13.1 Å². The second-order valence-electron chi connectivity index (χ2n) is 3.25. The monoisotopic (exact) mass is 230 g/mol. The van der Waals surface area contributed by atoms with Crippen molar-refractivity contribution >= 4 is 17.5 Å². The summed E-state index contributed by atoms with van der Waals surface area (Å²) in [7, 11) is 0. The topological polar surface area (TPSA) is 71.1 Å². The van der Waals surface area contributed by atoms with Gasteiger partial charge < -0.3 is 9.64 Å². The van der Waals surface area contributed by atoms with Gasteiger partial charge in [-0.3, -0.25) is 4.79 Å². The number of rotatable bonds is 2. The maximum Gasteiger partial charge on any atom is 0.276 e. The van der Waals surface area contributed by atoms with Crippen LogP contribution in [-0.2, 0) is 4.74 Å². The predicted molar refractivity (Wildman–Crippen MR) is 52.7 cm³/mol. The average molecular weight is 231 g/mol. The predicted octanol–water partition coefficient (Wildman–Crippen LogP) is -0.116. The Kier molecular flexibility index (Phi) is 3.17. The van der Waals surface area contributed by atoms with E-state index in [0.717, 1.165) is 0 Å². The third-order valence-electron chi connectivity index (χ3n) is 2.23. The van der Waals surface area contributed by atoms with E-state index in [-0.39, 0.29) is 12.0 Å². The van der Waals surface area contributed by atoms with Crippen LogP contribution in [0.25, 0.3) is 0 Å². The highest BCUT2D eigenvalue weighted by atomic mass is 35.5. The fraction of sp³-hybridized carbons (Fsp3) is 0.625. The molecule has 2 rings (SSSR count). The Labute approximate surface area is 91.5 Å². The second-order valence-corrected chi connectivity index (χ2v) is 3.56. The Bertz CT molecular complexity index is 329. The van der Waals surface area contributed by atoms with Gasteiger partial charge in [-0.2, -0.15) is 15.4 Å². The highest BCUT2D eigenvalue weighted by Gasteiger charge is 2.25. The van der Waals surface area contributed by atoms with E-state index >= 15 is 0 Å². The highest BCUT2D eigenvalue weighted by molar-refractivity contribution is 6.18. The molecule has 1 fully saturated rings. The number of alkyl halides is 1. The van der Waals surface area contributed by atoms with Crippen LogP contribution in [0.2, 0.25) is 0 Å². The van der Waals surface area contributed by atoms with Crippen LogP contribution in [0.1, 0.15) is 10.5 Å². The third-order valence-corrected chi connectivity index (χ3v) is 2.58. The van der Waals surface area contributed by atoms with Crippen LogP contribution in [-0.4, -0.2) is 57.9 Å². The molecule has 0 saturated carbocycles. The van der Waals surface area contributed by atoms with Gasteiger partial charge in [0.15, 0.2) is 5.69 Å². The van der Waals surface area contributed by atoms with Gasteiger partial charge in [-0.15, -0.1) is 11.6 Å². The minimum Gasteiger partial charge on any atom is -0.373 e. The van der Waals surface area contributed by atoms with E-state index in [1.165, 1.54) is 6.20 Å². The molecule has 1 amide bonds. The Morgan fingerprint density at radius 1 is 1.80 bits per heavy atom. The molecule has 1 unspecified atom stereocenters. The molecular formula is C8H11ClN4O2. The van der Waals surface area contributed by atoms with Crippen molar-refractivity contribution in [1.29, 1.82) is 0 Å². The normalized spacial score (nSPS) is 21.7. The molecule has 1 N–H and O–H groups in total. The van der Waals surface area contributed by atoms with E-state index in [2.05, 4.69) is 15.4 Å². The standard InChI is InChI=1S/C8H11ClN4O2/c9-3-6-5-13(1-2-15-6)8(14)7-4-10-12-11-7/h4,6H,1-3,5H2,(H,10,11,12). The lowest BCUT2D eigenvalue weighted by Crippen LogP contribution is -2.46. The molecule has 82 valence electrons. The summed E-state index contributed by atoms with van der Waals surface area (Å²) < 4.78 is 5.36. The summed E-state index contributed by atoms with van der Waals surface area (Å²) in [5.41, 5.74) is 0.324. The van der Waals surface area contributed by atoms with Gasteiger partial charge in [-0.25, -0.2) is 0 Å². The van der Waals surface area contributed by atoms with Crippen LogP contribution >= 0.6 is 11.6 Å². The summed E-state index contributed by atoms with van der Waals surface area (Å²) in [6.07, 6.45) is 1.32. The summed E-state index contributed by atoms with van der Waals surface area (Å²) in [5, 5.41) is 9.75. The van der Waals surface area contributed by atoms with E-state index < -0.39 is 0 Å². The first-order valence-electron chi connectivity index (χ1n) is 4.64. The summed E-state index contributed by atoms with van der Waals surface area (Å²) in [4.78, 5) is 13.5. The van der Waals surface area contributed by atoms with E-state index in [1.54, 1.807) is 4.90 Å². The Morgan fingerprint density at radius 2 is 2.67 bits per heavy atom. The maximum atomic E-state index is 11.8. The SMILES string of the molecule is O=C(c1cn[nH]n1)N1CCOC(CCl)C1. The van der Waals surface area contributed by atoms with Crippen LogP contribution in [0.5, 0.6) is 0 Å². The van der Waals surface area contributed by atoms with Crippen LogP contribution in [0.4, 0.5) is 0 Å². The molecule has 0 radical (unpaired) electrons. The van der Waals surface area contributed by atoms with Crippen LogP contribution in [0, 0.1) is 0 Å². The molecule has 7 heteroatoms. The number of nitrogens with one attached hydrogen (secondary N) is 1. The van der Waals surface area contributed by atoms with Crippen molar-refractivity contribution in [1.82, 2.24) is 20.3 Å². The highest BCUT2D eigenvalue weighted by Crippen LogP contribution is 2.09. The number of aromatic nitrogens is 3. The molecule has 0 aromatic carbocycles. The average Bonchev–Trinajstić information content (AvgIpc) is 2.81. The Balaban J connectivity index is 2.01. The first-order valence-corrected chi connectivity index (χ1v) is 5.17. The van der Waals surface area contributed by atoms with Crippen LogP contribution < -0.4 is 0 Å². The zero-order valence-corrected chi connectivity index (χ0v) is 8.78. The van der Waals surface area contributed by atoms with E-state index in [1.807, 2.05) is 0 Å². The largest absolute Gasteiger partial charge is 0.373 e. The van der Waals surface area contributed by atoms with Crippen molar-refractivity contribution in [3.05, 3.63) is 11.9 Å². The fourth-order valence-electron chi connectivity index (χ4n) is 1.46. The summed E-state index contributed by atoms with van der Waals surface area (Å²) in [5.74, 6) is 0.255. The van der Waals surface area contributed by atoms with Crippen molar-refractivity contribution in [3.8, 4) is 0 Å². The lowest BCUT2D eigenvalue weighted by molar-refractivity contribution is -0.0110.